The normalized spacial score (nSPS) is 12.1. The molecule has 96 valence electrons. The first-order chi connectivity index (χ1) is 7.34. The highest BCUT2D eigenvalue weighted by molar-refractivity contribution is 9.10. The predicted octanol–water partition coefficient (Wildman–Crippen LogP) is 2.54. The maximum Gasteiger partial charge on any atom is 0.339 e. The van der Waals surface area contributed by atoms with Gasteiger partial charge in [0.05, 0.1) is 6.04 Å². The van der Waals surface area contributed by atoms with Crippen LogP contribution in [0.4, 0.5) is 8.78 Å². The van der Waals surface area contributed by atoms with Crippen LogP contribution in [-0.4, -0.2) is 22.6 Å². The molecule has 0 bridgehead atoms. The fourth-order valence-corrected chi connectivity index (χ4v) is 1.65. The van der Waals surface area contributed by atoms with Gasteiger partial charge in [0.15, 0.2) is 0 Å². The molecule has 8 heteroatoms. The van der Waals surface area contributed by atoms with E-state index in [0.29, 0.717) is 0 Å². The maximum atomic E-state index is 12.4. The summed E-state index contributed by atoms with van der Waals surface area (Å²) in [6, 6.07) is 0.549. The summed E-state index contributed by atoms with van der Waals surface area (Å²) in [5, 5.41) is 18.2. The average molecular weight is 333 g/mol. The van der Waals surface area contributed by atoms with Crippen molar-refractivity contribution in [3.63, 3.8) is 0 Å². The molecule has 17 heavy (non-hydrogen) atoms. The van der Waals surface area contributed by atoms with E-state index in [-0.39, 0.29) is 22.4 Å². The van der Waals surface area contributed by atoms with Crippen molar-refractivity contribution in [2.24, 2.45) is 5.73 Å². The van der Waals surface area contributed by atoms with E-state index in [2.05, 4.69) is 15.9 Å². The van der Waals surface area contributed by atoms with Gasteiger partial charge in [0, 0.05) is 10.0 Å². The predicted molar refractivity (Wildman–Crippen MR) is 62.9 cm³/mol. The first-order valence-corrected chi connectivity index (χ1v) is 4.93. The van der Waals surface area contributed by atoms with Crippen LogP contribution in [0.5, 0.6) is 5.75 Å². The number of aromatic hydroxyl groups is 1. The SMILES string of the molecule is Cl.N[C@@H](c1cc(Br)cc(C(=O)O)c1O)C(F)F. The molecule has 0 heterocycles. The fourth-order valence-electron chi connectivity index (χ4n) is 1.17. The molecule has 0 aliphatic heterocycles. The highest BCUT2D eigenvalue weighted by atomic mass is 79.9. The number of nitrogens with two attached hydrogens (primary N) is 1. The summed E-state index contributed by atoms with van der Waals surface area (Å²) in [6.07, 6.45) is -2.89. The van der Waals surface area contributed by atoms with E-state index in [1.165, 1.54) is 6.07 Å². The van der Waals surface area contributed by atoms with Gasteiger partial charge in [0.2, 0.25) is 0 Å². The summed E-state index contributed by atoms with van der Waals surface area (Å²) < 4.78 is 25.0. The summed E-state index contributed by atoms with van der Waals surface area (Å²) >= 11 is 2.96. The van der Waals surface area contributed by atoms with Crippen molar-refractivity contribution in [3.8, 4) is 5.75 Å². The van der Waals surface area contributed by atoms with Crippen LogP contribution in [0, 0.1) is 0 Å². The number of alkyl halides is 2. The number of rotatable bonds is 3. The Labute approximate surface area is 110 Å². The van der Waals surface area contributed by atoms with E-state index in [0.717, 1.165) is 6.07 Å². The molecule has 0 unspecified atom stereocenters. The second kappa shape index (κ2) is 6.13. The lowest BCUT2D eigenvalue weighted by Gasteiger charge is -2.14. The molecule has 0 spiro atoms. The zero-order valence-corrected chi connectivity index (χ0v) is 10.6. The van der Waals surface area contributed by atoms with Gasteiger partial charge >= 0.3 is 5.97 Å². The van der Waals surface area contributed by atoms with Gasteiger partial charge in [0.25, 0.3) is 6.43 Å². The Hall–Kier alpha value is -0.920. The molecule has 0 saturated carbocycles. The third-order valence-electron chi connectivity index (χ3n) is 1.97. The molecule has 0 fully saturated rings. The van der Waals surface area contributed by atoms with E-state index in [1.54, 1.807) is 0 Å². The topological polar surface area (TPSA) is 83.6 Å². The molecule has 0 aliphatic rings. The van der Waals surface area contributed by atoms with Gasteiger partial charge < -0.3 is 15.9 Å². The molecule has 4 N–H and O–H groups in total. The summed E-state index contributed by atoms with van der Waals surface area (Å²) in [5.41, 5.74) is 4.38. The van der Waals surface area contributed by atoms with Gasteiger partial charge in [0.1, 0.15) is 11.3 Å². The molecule has 1 rings (SSSR count). The standard InChI is InChI=1S/C9H8BrF2NO3.ClH/c10-3-1-4(6(13)8(11)12)7(14)5(2-3)9(15)16;/h1-2,6,8,14H,13H2,(H,15,16);1H/t6-;/m0./s1. The Morgan fingerprint density at radius 3 is 2.35 bits per heavy atom. The van der Waals surface area contributed by atoms with Gasteiger partial charge in [-0.2, -0.15) is 0 Å². The molecule has 0 radical (unpaired) electrons. The Balaban J connectivity index is 0.00000256. The van der Waals surface area contributed by atoms with Crippen molar-refractivity contribution in [1.29, 1.82) is 0 Å². The second-order valence-electron chi connectivity index (χ2n) is 3.06. The van der Waals surface area contributed by atoms with Crippen LogP contribution in [0.1, 0.15) is 22.0 Å². The quantitative estimate of drug-likeness (QED) is 0.794. The van der Waals surface area contributed by atoms with Crippen LogP contribution in [-0.2, 0) is 0 Å². The summed E-state index contributed by atoms with van der Waals surface area (Å²) in [5.74, 6) is -2.15. The average Bonchev–Trinajstić information content (AvgIpc) is 2.19. The third-order valence-corrected chi connectivity index (χ3v) is 2.42. The molecular weight excluding hydrogens is 323 g/mol. The third kappa shape index (κ3) is 3.52. The minimum Gasteiger partial charge on any atom is -0.507 e. The number of carboxylic acids is 1. The molecular formula is C9H9BrClF2NO3. The van der Waals surface area contributed by atoms with Crippen LogP contribution in [0.3, 0.4) is 0 Å². The summed E-state index contributed by atoms with van der Waals surface area (Å²) in [4.78, 5) is 10.7. The van der Waals surface area contributed by atoms with Gasteiger partial charge in [-0.15, -0.1) is 12.4 Å². The van der Waals surface area contributed by atoms with Crippen molar-refractivity contribution in [3.05, 3.63) is 27.7 Å². The van der Waals surface area contributed by atoms with Gasteiger partial charge in [-0.05, 0) is 12.1 Å². The van der Waals surface area contributed by atoms with Crippen molar-refractivity contribution in [1.82, 2.24) is 0 Å². The van der Waals surface area contributed by atoms with E-state index >= 15 is 0 Å². The molecule has 0 aliphatic carbocycles. The Kier molecular flexibility index (Phi) is 5.80. The van der Waals surface area contributed by atoms with Crippen molar-refractivity contribution in [2.45, 2.75) is 12.5 Å². The number of hydrogen-bond donors (Lipinski definition) is 3. The van der Waals surface area contributed by atoms with Crippen LogP contribution < -0.4 is 5.73 Å². The molecule has 1 atom stereocenters. The summed E-state index contributed by atoms with van der Waals surface area (Å²) in [7, 11) is 0. The van der Waals surface area contributed by atoms with E-state index < -0.39 is 29.7 Å². The van der Waals surface area contributed by atoms with Crippen LogP contribution >= 0.6 is 28.3 Å². The molecule has 4 nitrogen and oxygen atoms in total. The molecule has 1 aromatic carbocycles. The number of halogens is 4. The Morgan fingerprint density at radius 2 is 1.94 bits per heavy atom. The zero-order valence-electron chi connectivity index (χ0n) is 8.23. The zero-order chi connectivity index (χ0) is 12.5. The fraction of sp³-hybridized carbons (Fsp3) is 0.222. The number of hydrogen-bond acceptors (Lipinski definition) is 3. The molecule has 0 amide bonds. The lowest BCUT2D eigenvalue weighted by Crippen LogP contribution is -2.19. The van der Waals surface area contributed by atoms with Crippen molar-refractivity contribution >= 4 is 34.3 Å². The first kappa shape index (κ1) is 16.1. The highest BCUT2D eigenvalue weighted by Crippen LogP contribution is 2.33. The number of aromatic carboxylic acids is 1. The molecule has 0 saturated heterocycles. The first-order valence-electron chi connectivity index (χ1n) is 4.14. The van der Waals surface area contributed by atoms with Crippen LogP contribution in [0.15, 0.2) is 16.6 Å². The number of phenols is 1. The Morgan fingerprint density at radius 1 is 1.41 bits per heavy atom. The van der Waals surface area contributed by atoms with Crippen LogP contribution in [0.25, 0.3) is 0 Å². The lowest BCUT2D eigenvalue weighted by atomic mass is 10.0. The molecule has 1 aromatic rings. The maximum absolute atomic E-state index is 12.4. The van der Waals surface area contributed by atoms with E-state index in [4.69, 9.17) is 10.8 Å². The summed E-state index contributed by atoms with van der Waals surface area (Å²) in [6.45, 7) is 0. The minimum absolute atomic E-state index is 0. The Bertz CT molecular complexity index is 431. The minimum atomic E-state index is -2.89. The monoisotopic (exact) mass is 331 g/mol. The van der Waals surface area contributed by atoms with Crippen molar-refractivity contribution < 1.29 is 23.8 Å². The number of carbonyl (C=O) groups is 1. The lowest BCUT2D eigenvalue weighted by molar-refractivity contribution is 0.0692. The largest absolute Gasteiger partial charge is 0.507 e. The number of benzene rings is 1. The van der Waals surface area contributed by atoms with Gasteiger partial charge in [-0.25, -0.2) is 13.6 Å². The smallest absolute Gasteiger partial charge is 0.339 e. The van der Waals surface area contributed by atoms with Crippen LogP contribution in [0.2, 0.25) is 0 Å². The van der Waals surface area contributed by atoms with Gasteiger partial charge in [-0.3, -0.25) is 0 Å². The van der Waals surface area contributed by atoms with Gasteiger partial charge in [-0.1, -0.05) is 15.9 Å². The van der Waals surface area contributed by atoms with E-state index in [9.17, 15) is 18.7 Å². The molecule has 0 aromatic heterocycles. The highest BCUT2D eigenvalue weighted by Gasteiger charge is 2.24. The van der Waals surface area contributed by atoms with E-state index in [1.807, 2.05) is 0 Å². The van der Waals surface area contributed by atoms with Crippen molar-refractivity contribution in [2.75, 3.05) is 0 Å². The second-order valence-corrected chi connectivity index (χ2v) is 3.97. The number of carboxylic acid groups (broad SMARTS) is 1.